The van der Waals surface area contributed by atoms with Crippen LogP contribution in [-0.4, -0.2) is 0 Å². The molecule has 0 nitrogen and oxygen atoms in total. The zero-order valence-corrected chi connectivity index (χ0v) is 19.8. The maximum Gasteiger partial charge on any atom is 0.0201 e. The average molecular weight is 443 g/mol. The van der Waals surface area contributed by atoms with E-state index < -0.39 is 0 Å². The van der Waals surface area contributed by atoms with Gasteiger partial charge in [0.1, 0.15) is 0 Å². The molecule has 0 N–H and O–H groups in total. The van der Waals surface area contributed by atoms with E-state index in [1.54, 1.807) is 0 Å². The van der Waals surface area contributed by atoms with Gasteiger partial charge >= 0.3 is 0 Å². The molecule has 0 saturated heterocycles. The van der Waals surface area contributed by atoms with Crippen molar-refractivity contribution in [1.29, 1.82) is 0 Å². The van der Waals surface area contributed by atoms with E-state index in [4.69, 9.17) is 0 Å². The summed E-state index contributed by atoms with van der Waals surface area (Å²) in [5.74, 6) is 0. The molecule has 5 rings (SSSR count). The Morgan fingerprint density at radius 2 is 0.909 bits per heavy atom. The summed E-state index contributed by atoms with van der Waals surface area (Å²) in [6.07, 6.45) is 0. The van der Waals surface area contributed by atoms with Crippen LogP contribution in [0.2, 0.25) is 0 Å². The van der Waals surface area contributed by atoms with Crippen LogP contribution in [0.15, 0.2) is 131 Å². The van der Waals surface area contributed by atoms with Crippen molar-refractivity contribution in [3.63, 3.8) is 0 Å². The number of aryl methyl sites for hydroxylation is 2. The molecule has 5 aromatic carbocycles. The molecule has 0 atom stereocenters. The van der Waals surface area contributed by atoms with Gasteiger partial charge in [-0.25, -0.2) is 0 Å². The quantitative estimate of drug-likeness (QED) is 0.261. The first-order valence-corrected chi connectivity index (χ1v) is 12.1. The van der Waals surface area contributed by atoms with Crippen molar-refractivity contribution in [2.45, 2.75) is 23.6 Å². The van der Waals surface area contributed by atoms with Gasteiger partial charge in [-0.15, -0.1) is 0 Å². The van der Waals surface area contributed by atoms with E-state index in [-0.39, 0.29) is 0 Å². The highest BCUT2D eigenvalue weighted by molar-refractivity contribution is 7.99. The Morgan fingerprint density at radius 3 is 1.48 bits per heavy atom. The second kappa shape index (κ2) is 9.52. The number of rotatable bonds is 5. The fourth-order valence-corrected chi connectivity index (χ4v) is 4.93. The summed E-state index contributed by atoms with van der Waals surface area (Å²) in [6.45, 7) is 4.25. The molecule has 0 heterocycles. The van der Waals surface area contributed by atoms with Gasteiger partial charge in [0.25, 0.3) is 0 Å². The first-order chi connectivity index (χ1) is 16.2. The molecule has 0 aliphatic rings. The van der Waals surface area contributed by atoms with Gasteiger partial charge in [-0.05, 0) is 71.5 Å². The van der Waals surface area contributed by atoms with Crippen LogP contribution in [0.1, 0.15) is 11.1 Å². The molecule has 0 aliphatic heterocycles. The smallest absolute Gasteiger partial charge is 0.0201 e. The van der Waals surface area contributed by atoms with Gasteiger partial charge < -0.3 is 0 Å². The summed E-state index contributed by atoms with van der Waals surface area (Å²) in [7, 11) is 0. The van der Waals surface area contributed by atoms with E-state index in [2.05, 4.69) is 135 Å². The molecular weight excluding hydrogens is 416 g/mol. The molecular formula is C32H26S. The molecule has 0 saturated carbocycles. The molecule has 160 valence electrons. The summed E-state index contributed by atoms with van der Waals surface area (Å²) in [5, 5.41) is 0. The molecule has 5 aromatic rings. The summed E-state index contributed by atoms with van der Waals surface area (Å²) >= 11 is 1.82. The van der Waals surface area contributed by atoms with Gasteiger partial charge in [0.05, 0.1) is 0 Å². The van der Waals surface area contributed by atoms with E-state index >= 15 is 0 Å². The Bertz CT molecular complexity index is 1350. The summed E-state index contributed by atoms with van der Waals surface area (Å²) in [5.41, 5.74) is 10.1. The van der Waals surface area contributed by atoms with Crippen molar-refractivity contribution in [2.75, 3.05) is 0 Å². The monoisotopic (exact) mass is 442 g/mol. The van der Waals surface area contributed by atoms with Crippen LogP contribution < -0.4 is 0 Å². The number of hydrogen-bond donors (Lipinski definition) is 0. The van der Waals surface area contributed by atoms with Crippen LogP contribution in [0, 0.1) is 13.8 Å². The van der Waals surface area contributed by atoms with Crippen molar-refractivity contribution in [3.05, 3.63) is 132 Å². The minimum absolute atomic E-state index is 1.24. The second-order valence-electron chi connectivity index (χ2n) is 8.44. The molecule has 0 radical (unpaired) electrons. The van der Waals surface area contributed by atoms with Gasteiger partial charge in [-0.2, -0.15) is 0 Å². The van der Waals surface area contributed by atoms with Crippen LogP contribution in [0.3, 0.4) is 0 Å². The minimum Gasteiger partial charge on any atom is -0.0894 e. The van der Waals surface area contributed by atoms with Crippen LogP contribution in [-0.2, 0) is 0 Å². The van der Waals surface area contributed by atoms with Crippen molar-refractivity contribution in [2.24, 2.45) is 0 Å². The van der Waals surface area contributed by atoms with E-state index in [1.807, 2.05) is 11.8 Å². The van der Waals surface area contributed by atoms with E-state index in [1.165, 1.54) is 54.3 Å². The highest BCUT2D eigenvalue weighted by atomic mass is 32.2. The van der Waals surface area contributed by atoms with Gasteiger partial charge in [-0.1, -0.05) is 120 Å². The van der Waals surface area contributed by atoms with Crippen LogP contribution in [0.5, 0.6) is 0 Å². The predicted molar refractivity (Wildman–Crippen MR) is 143 cm³/mol. The Hall–Kier alpha value is -3.55. The lowest BCUT2D eigenvalue weighted by atomic mass is 9.98. The van der Waals surface area contributed by atoms with Gasteiger partial charge in [-0.3, -0.25) is 0 Å². The zero-order chi connectivity index (χ0) is 22.6. The van der Waals surface area contributed by atoms with E-state index in [0.717, 1.165) is 0 Å². The van der Waals surface area contributed by atoms with Crippen molar-refractivity contribution in [1.82, 2.24) is 0 Å². The van der Waals surface area contributed by atoms with E-state index in [0.29, 0.717) is 0 Å². The number of hydrogen-bond acceptors (Lipinski definition) is 1. The summed E-state index contributed by atoms with van der Waals surface area (Å²) in [6, 6.07) is 43.9. The third-order valence-electron chi connectivity index (χ3n) is 5.92. The average Bonchev–Trinajstić information content (AvgIpc) is 2.86. The second-order valence-corrected chi connectivity index (χ2v) is 9.55. The summed E-state index contributed by atoms with van der Waals surface area (Å²) in [4.78, 5) is 2.51. The predicted octanol–water partition coefficient (Wildman–Crippen LogP) is 9.46. The molecule has 0 aromatic heterocycles. The Balaban J connectivity index is 1.48. The Morgan fingerprint density at radius 1 is 0.424 bits per heavy atom. The van der Waals surface area contributed by atoms with Crippen LogP contribution in [0.4, 0.5) is 0 Å². The first-order valence-electron chi connectivity index (χ1n) is 11.3. The third-order valence-corrected chi connectivity index (χ3v) is 7.00. The molecule has 1 heteroatoms. The molecule has 0 fully saturated rings. The third kappa shape index (κ3) is 4.94. The van der Waals surface area contributed by atoms with Crippen molar-refractivity contribution >= 4 is 11.8 Å². The highest BCUT2D eigenvalue weighted by Gasteiger charge is 2.10. The number of benzene rings is 5. The van der Waals surface area contributed by atoms with Crippen molar-refractivity contribution < 1.29 is 0 Å². The van der Waals surface area contributed by atoms with Gasteiger partial charge in [0.2, 0.25) is 0 Å². The summed E-state index contributed by atoms with van der Waals surface area (Å²) < 4.78 is 0. The van der Waals surface area contributed by atoms with Crippen LogP contribution in [0.25, 0.3) is 33.4 Å². The normalized spacial score (nSPS) is 10.8. The Kier molecular flexibility index (Phi) is 6.15. The lowest BCUT2D eigenvalue weighted by molar-refractivity contribution is 1.39. The fourth-order valence-electron chi connectivity index (χ4n) is 3.98. The molecule has 33 heavy (non-hydrogen) atoms. The molecule has 0 aliphatic carbocycles. The topological polar surface area (TPSA) is 0 Å². The van der Waals surface area contributed by atoms with Crippen LogP contribution >= 0.6 is 11.8 Å². The SMILES string of the molecule is Cc1ccc(-c2ccc(Sc3ccc(-c4ccc(C)cc4)cc3-c3ccccc3)cc2)cc1. The largest absolute Gasteiger partial charge is 0.0894 e. The maximum absolute atomic E-state index is 2.32. The van der Waals surface area contributed by atoms with Gasteiger partial charge in [0, 0.05) is 9.79 Å². The highest BCUT2D eigenvalue weighted by Crippen LogP contribution is 2.39. The molecule has 0 unspecified atom stereocenters. The van der Waals surface area contributed by atoms with Crippen molar-refractivity contribution in [3.8, 4) is 33.4 Å². The maximum atomic E-state index is 2.32. The zero-order valence-electron chi connectivity index (χ0n) is 19.0. The lowest BCUT2D eigenvalue weighted by Gasteiger charge is -2.13. The molecule has 0 amide bonds. The first kappa shape index (κ1) is 21.3. The molecule has 0 spiro atoms. The minimum atomic E-state index is 1.24. The van der Waals surface area contributed by atoms with E-state index in [9.17, 15) is 0 Å². The Labute approximate surface area is 201 Å². The standard InChI is InChI=1S/C32H26S/c1-23-8-12-25(13-9-23)26-16-19-30(20-17-26)33-32-21-18-29(27-14-10-24(2)11-15-27)22-31(32)28-6-4-3-5-7-28/h3-22H,1-2H3. The molecule has 0 bridgehead atoms. The lowest BCUT2D eigenvalue weighted by Crippen LogP contribution is -1.86. The fraction of sp³-hybridized carbons (Fsp3) is 0.0625. The van der Waals surface area contributed by atoms with Gasteiger partial charge in [0.15, 0.2) is 0 Å².